The van der Waals surface area contributed by atoms with Gasteiger partial charge in [-0.25, -0.2) is 0 Å². The van der Waals surface area contributed by atoms with E-state index in [1.165, 1.54) is 6.92 Å². The summed E-state index contributed by atoms with van der Waals surface area (Å²) in [5.74, 6) is 0.0532. The number of carbonyl (C=O) groups is 3. The lowest BCUT2D eigenvalue weighted by molar-refractivity contribution is -0.121. The molecule has 1 unspecified atom stereocenters. The molecule has 2 amide bonds. The van der Waals surface area contributed by atoms with Crippen molar-refractivity contribution in [2.45, 2.75) is 39.0 Å². The van der Waals surface area contributed by atoms with Crippen LogP contribution in [0.1, 0.15) is 49.4 Å². The highest BCUT2D eigenvalue weighted by molar-refractivity contribution is 5.95. The van der Waals surface area contributed by atoms with Crippen molar-refractivity contribution in [3.05, 3.63) is 29.8 Å². The van der Waals surface area contributed by atoms with Crippen LogP contribution in [0, 0.1) is 5.92 Å². The van der Waals surface area contributed by atoms with Gasteiger partial charge < -0.3 is 24.8 Å². The van der Waals surface area contributed by atoms with Crippen LogP contribution in [-0.2, 0) is 23.8 Å². The monoisotopic (exact) mass is 436 g/mol. The SMILES string of the molecule is COCCC(COC)COCCCNC(=O)CCCC(=O)Nc1ccc(C(C)=O)cc1. The number of methoxy groups -OCH3 is 2. The number of hydrogen-bond acceptors (Lipinski definition) is 6. The summed E-state index contributed by atoms with van der Waals surface area (Å²) in [5, 5.41) is 5.61. The standard InChI is InChI=1S/C23H36N2O6/c1-18(26)20-8-10-21(11-9-20)25-23(28)7-4-6-22(27)24-13-5-14-31-17-19(16-30-3)12-15-29-2/h8-11,19H,4-7,12-17H2,1-3H3,(H,24,27)(H,25,28). The van der Waals surface area contributed by atoms with Crippen LogP contribution < -0.4 is 10.6 Å². The van der Waals surface area contributed by atoms with E-state index in [1.54, 1.807) is 38.5 Å². The van der Waals surface area contributed by atoms with Crippen molar-refractivity contribution in [1.82, 2.24) is 5.32 Å². The van der Waals surface area contributed by atoms with E-state index in [2.05, 4.69) is 10.6 Å². The highest BCUT2D eigenvalue weighted by Crippen LogP contribution is 2.11. The van der Waals surface area contributed by atoms with Crippen LogP contribution in [0.2, 0.25) is 0 Å². The molecule has 0 aliphatic rings. The molecule has 0 spiro atoms. The van der Waals surface area contributed by atoms with E-state index in [4.69, 9.17) is 14.2 Å². The average molecular weight is 437 g/mol. The maximum atomic E-state index is 12.0. The quantitative estimate of drug-likeness (QED) is 0.288. The topological polar surface area (TPSA) is 103 Å². The molecule has 2 N–H and O–H groups in total. The van der Waals surface area contributed by atoms with Crippen molar-refractivity contribution in [2.75, 3.05) is 52.5 Å². The lowest BCUT2D eigenvalue weighted by Gasteiger charge is -2.15. The number of rotatable bonds is 17. The minimum Gasteiger partial charge on any atom is -0.385 e. The third-order valence-electron chi connectivity index (χ3n) is 4.66. The number of Topliss-reactive ketones (excluding diaryl/α,β-unsaturated/α-hetero) is 1. The maximum absolute atomic E-state index is 12.0. The van der Waals surface area contributed by atoms with Gasteiger partial charge in [0, 0.05) is 64.0 Å². The van der Waals surface area contributed by atoms with Gasteiger partial charge in [0.05, 0.1) is 13.2 Å². The minimum atomic E-state index is -0.157. The Morgan fingerprint density at radius 3 is 2.26 bits per heavy atom. The third kappa shape index (κ3) is 12.9. The van der Waals surface area contributed by atoms with E-state index in [9.17, 15) is 14.4 Å². The Morgan fingerprint density at radius 1 is 0.903 bits per heavy atom. The van der Waals surface area contributed by atoms with Gasteiger partial charge in [0.1, 0.15) is 0 Å². The molecule has 8 heteroatoms. The fourth-order valence-corrected chi connectivity index (χ4v) is 2.90. The molecule has 0 aliphatic carbocycles. The molecular weight excluding hydrogens is 400 g/mol. The molecule has 0 aromatic heterocycles. The number of carbonyl (C=O) groups excluding carboxylic acids is 3. The van der Waals surface area contributed by atoms with Crippen molar-refractivity contribution in [3.63, 3.8) is 0 Å². The largest absolute Gasteiger partial charge is 0.385 e. The molecule has 8 nitrogen and oxygen atoms in total. The van der Waals surface area contributed by atoms with Crippen LogP contribution in [-0.4, -0.2) is 64.8 Å². The van der Waals surface area contributed by atoms with Crippen molar-refractivity contribution in [3.8, 4) is 0 Å². The summed E-state index contributed by atoms with van der Waals surface area (Å²) < 4.78 is 15.9. The van der Waals surface area contributed by atoms with E-state index >= 15 is 0 Å². The summed E-state index contributed by atoms with van der Waals surface area (Å²) in [5.41, 5.74) is 1.23. The molecule has 0 radical (unpaired) electrons. The number of anilines is 1. The molecule has 31 heavy (non-hydrogen) atoms. The van der Waals surface area contributed by atoms with Crippen LogP contribution >= 0.6 is 0 Å². The van der Waals surface area contributed by atoms with Crippen molar-refractivity contribution in [2.24, 2.45) is 5.92 Å². The second-order valence-electron chi connectivity index (χ2n) is 7.42. The first kappa shape index (κ1) is 26.7. The Morgan fingerprint density at radius 2 is 1.61 bits per heavy atom. The van der Waals surface area contributed by atoms with Gasteiger partial charge in [0.15, 0.2) is 5.78 Å². The second-order valence-corrected chi connectivity index (χ2v) is 7.42. The summed E-state index contributed by atoms with van der Waals surface area (Å²) in [6.07, 6.45) is 2.64. The van der Waals surface area contributed by atoms with Gasteiger partial charge in [-0.15, -0.1) is 0 Å². The van der Waals surface area contributed by atoms with Crippen LogP contribution in [0.25, 0.3) is 0 Å². The number of nitrogens with one attached hydrogen (secondary N) is 2. The van der Waals surface area contributed by atoms with Crippen LogP contribution in [0.4, 0.5) is 5.69 Å². The zero-order chi connectivity index (χ0) is 22.9. The zero-order valence-electron chi connectivity index (χ0n) is 18.9. The van der Waals surface area contributed by atoms with Crippen LogP contribution in [0.15, 0.2) is 24.3 Å². The number of hydrogen-bond donors (Lipinski definition) is 2. The van der Waals surface area contributed by atoms with E-state index in [-0.39, 0.29) is 24.0 Å². The van der Waals surface area contributed by atoms with Crippen molar-refractivity contribution < 1.29 is 28.6 Å². The van der Waals surface area contributed by atoms with E-state index in [0.29, 0.717) is 63.0 Å². The summed E-state index contributed by atoms with van der Waals surface area (Å²) in [4.78, 5) is 35.1. The van der Waals surface area contributed by atoms with Crippen LogP contribution in [0.5, 0.6) is 0 Å². The molecule has 1 rings (SSSR count). The second kappa shape index (κ2) is 16.4. The first-order valence-electron chi connectivity index (χ1n) is 10.7. The zero-order valence-corrected chi connectivity index (χ0v) is 18.9. The smallest absolute Gasteiger partial charge is 0.224 e. The number of benzene rings is 1. The average Bonchev–Trinajstić information content (AvgIpc) is 2.74. The van der Waals surface area contributed by atoms with Gasteiger partial charge in [-0.05, 0) is 50.5 Å². The molecule has 0 heterocycles. The Kier molecular flexibility index (Phi) is 14.2. The molecule has 0 saturated heterocycles. The van der Waals surface area contributed by atoms with Gasteiger partial charge in [-0.1, -0.05) is 0 Å². The maximum Gasteiger partial charge on any atom is 0.224 e. The molecule has 0 bridgehead atoms. The summed E-state index contributed by atoms with van der Waals surface area (Å²) in [6, 6.07) is 6.73. The summed E-state index contributed by atoms with van der Waals surface area (Å²) in [6.45, 7) is 4.53. The molecule has 1 atom stereocenters. The molecular formula is C23H36N2O6. The summed E-state index contributed by atoms with van der Waals surface area (Å²) >= 11 is 0. The van der Waals surface area contributed by atoms with Gasteiger partial charge in [-0.2, -0.15) is 0 Å². The van der Waals surface area contributed by atoms with E-state index in [1.807, 2.05) is 0 Å². The van der Waals surface area contributed by atoms with E-state index in [0.717, 1.165) is 12.8 Å². The molecule has 1 aromatic rings. The number of ketones is 1. The molecule has 0 aliphatic heterocycles. The number of amides is 2. The normalized spacial score (nSPS) is 11.7. The van der Waals surface area contributed by atoms with Crippen molar-refractivity contribution in [1.29, 1.82) is 0 Å². The lowest BCUT2D eigenvalue weighted by Crippen LogP contribution is -2.26. The molecule has 0 saturated carbocycles. The fourth-order valence-electron chi connectivity index (χ4n) is 2.90. The Hall–Kier alpha value is -2.29. The Balaban J connectivity index is 2.08. The van der Waals surface area contributed by atoms with Crippen LogP contribution in [0.3, 0.4) is 0 Å². The van der Waals surface area contributed by atoms with E-state index < -0.39 is 0 Å². The highest BCUT2D eigenvalue weighted by atomic mass is 16.5. The third-order valence-corrected chi connectivity index (χ3v) is 4.66. The minimum absolute atomic E-state index is 0.0205. The first-order chi connectivity index (χ1) is 15.0. The Bertz CT molecular complexity index is 663. The molecule has 1 aromatic carbocycles. The first-order valence-corrected chi connectivity index (χ1v) is 10.7. The lowest BCUT2D eigenvalue weighted by atomic mass is 10.1. The van der Waals surface area contributed by atoms with Gasteiger partial charge in [-0.3, -0.25) is 14.4 Å². The predicted octanol–water partition coefficient (Wildman–Crippen LogP) is 2.82. The fraction of sp³-hybridized carbons (Fsp3) is 0.609. The number of ether oxygens (including phenoxy) is 3. The molecule has 174 valence electrons. The molecule has 0 fully saturated rings. The van der Waals surface area contributed by atoms with Crippen molar-refractivity contribution >= 4 is 23.3 Å². The summed E-state index contributed by atoms with van der Waals surface area (Å²) in [7, 11) is 3.35. The highest BCUT2D eigenvalue weighted by Gasteiger charge is 2.09. The van der Waals surface area contributed by atoms with Gasteiger partial charge >= 0.3 is 0 Å². The van der Waals surface area contributed by atoms with Gasteiger partial charge in [0.25, 0.3) is 0 Å². The Labute approximate surface area is 185 Å². The van der Waals surface area contributed by atoms with Gasteiger partial charge in [0.2, 0.25) is 11.8 Å². The predicted molar refractivity (Wildman–Crippen MR) is 119 cm³/mol.